The Kier molecular flexibility index (Phi) is 1.83. The second kappa shape index (κ2) is 3.00. The molecule has 2 rings (SSSR count). The number of nitrogens with two attached hydrogens (primary N) is 1. The van der Waals surface area contributed by atoms with Crippen LogP contribution in [0.15, 0.2) is 24.4 Å². The second-order valence-electron chi connectivity index (χ2n) is 3.22. The smallest absolute Gasteiger partial charge is 0.131 e. The molecule has 0 aliphatic carbocycles. The summed E-state index contributed by atoms with van der Waals surface area (Å²) < 4.78 is 0. The number of hydrogen-bond donors (Lipinski definition) is 1. The summed E-state index contributed by atoms with van der Waals surface area (Å²) in [4.78, 5) is 3.96. The first-order valence-electron chi connectivity index (χ1n) is 4.27. The molecule has 14 heavy (non-hydrogen) atoms. The van der Waals surface area contributed by atoms with E-state index in [1.54, 1.807) is 0 Å². The van der Waals surface area contributed by atoms with E-state index < -0.39 is 0 Å². The standard InChI is InChI=1S/C11H9N3/c1-7-2-3-9-10(4-7)8(5-12)6-14-11(9)13/h2-4,6H,1H3,(H2,13,14). The average molecular weight is 183 g/mol. The van der Waals surface area contributed by atoms with Gasteiger partial charge in [0.05, 0.1) is 5.56 Å². The molecule has 0 bridgehead atoms. The van der Waals surface area contributed by atoms with Crippen LogP contribution in [0.4, 0.5) is 5.82 Å². The Balaban J connectivity index is 2.94. The van der Waals surface area contributed by atoms with Crippen LogP contribution < -0.4 is 5.73 Å². The number of fused-ring (bicyclic) bond motifs is 1. The van der Waals surface area contributed by atoms with Gasteiger partial charge < -0.3 is 5.73 Å². The summed E-state index contributed by atoms with van der Waals surface area (Å²) in [7, 11) is 0. The molecule has 0 spiro atoms. The Hall–Kier alpha value is -2.08. The number of aryl methyl sites for hydroxylation is 1. The zero-order valence-corrected chi connectivity index (χ0v) is 7.78. The maximum atomic E-state index is 8.89. The van der Waals surface area contributed by atoms with E-state index in [2.05, 4.69) is 11.1 Å². The minimum absolute atomic E-state index is 0.471. The van der Waals surface area contributed by atoms with Crippen LogP contribution >= 0.6 is 0 Å². The topological polar surface area (TPSA) is 62.7 Å². The van der Waals surface area contributed by atoms with Crippen molar-refractivity contribution in [2.75, 3.05) is 5.73 Å². The number of nitrogens with zero attached hydrogens (tertiary/aromatic N) is 2. The van der Waals surface area contributed by atoms with Gasteiger partial charge in [0, 0.05) is 17.0 Å². The predicted molar refractivity (Wildman–Crippen MR) is 55.6 cm³/mol. The molecule has 0 saturated carbocycles. The van der Waals surface area contributed by atoms with E-state index in [1.807, 2.05) is 25.1 Å². The Bertz CT molecular complexity index is 538. The summed E-state index contributed by atoms with van der Waals surface area (Å²) in [5, 5.41) is 10.6. The van der Waals surface area contributed by atoms with E-state index in [0.29, 0.717) is 11.4 Å². The van der Waals surface area contributed by atoms with Gasteiger partial charge in [0.1, 0.15) is 11.9 Å². The zero-order chi connectivity index (χ0) is 10.1. The van der Waals surface area contributed by atoms with E-state index in [9.17, 15) is 0 Å². The third-order valence-corrected chi connectivity index (χ3v) is 2.19. The number of benzene rings is 1. The Morgan fingerprint density at radius 2 is 2.14 bits per heavy atom. The number of aromatic nitrogens is 1. The normalized spacial score (nSPS) is 10.0. The first-order chi connectivity index (χ1) is 6.72. The summed E-state index contributed by atoms with van der Waals surface area (Å²) in [6.07, 6.45) is 1.51. The lowest BCUT2D eigenvalue weighted by molar-refractivity contribution is 1.34. The number of anilines is 1. The number of nitriles is 1. The summed E-state index contributed by atoms with van der Waals surface area (Å²) in [6, 6.07) is 7.91. The van der Waals surface area contributed by atoms with Crippen molar-refractivity contribution in [3.8, 4) is 6.07 Å². The Morgan fingerprint density at radius 3 is 2.86 bits per heavy atom. The summed E-state index contributed by atoms with van der Waals surface area (Å²) in [5.74, 6) is 0.471. The SMILES string of the molecule is Cc1ccc2c(N)ncc(C#N)c2c1. The van der Waals surface area contributed by atoms with Crippen LogP contribution in [0.25, 0.3) is 10.8 Å². The number of hydrogen-bond acceptors (Lipinski definition) is 3. The molecule has 0 aliphatic heterocycles. The lowest BCUT2D eigenvalue weighted by atomic mass is 10.1. The largest absolute Gasteiger partial charge is 0.383 e. The predicted octanol–water partition coefficient (Wildman–Crippen LogP) is 2.00. The zero-order valence-electron chi connectivity index (χ0n) is 7.78. The lowest BCUT2D eigenvalue weighted by Gasteiger charge is -2.03. The van der Waals surface area contributed by atoms with E-state index in [-0.39, 0.29) is 0 Å². The van der Waals surface area contributed by atoms with E-state index >= 15 is 0 Å². The molecule has 0 radical (unpaired) electrons. The highest BCUT2D eigenvalue weighted by Gasteiger charge is 2.04. The van der Waals surface area contributed by atoms with Crippen LogP contribution in [0.3, 0.4) is 0 Å². The molecule has 1 aromatic heterocycles. The minimum Gasteiger partial charge on any atom is -0.383 e. The molecule has 2 aromatic rings. The molecule has 0 aliphatic rings. The van der Waals surface area contributed by atoms with Crippen LogP contribution in [-0.4, -0.2) is 4.98 Å². The fourth-order valence-electron chi connectivity index (χ4n) is 1.47. The van der Waals surface area contributed by atoms with Gasteiger partial charge in [0.2, 0.25) is 0 Å². The van der Waals surface area contributed by atoms with E-state index in [4.69, 9.17) is 11.0 Å². The van der Waals surface area contributed by atoms with Crippen molar-refractivity contribution in [3.05, 3.63) is 35.5 Å². The molecule has 68 valence electrons. The Morgan fingerprint density at radius 1 is 1.36 bits per heavy atom. The van der Waals surface area contributed by atoms with Gasteiger partial charge >= 0.3 is 0 Å². The molecule has 0 fully saturated rings. The van der Waals surface area contributed by atoms with Gasteiger partial charge in [-0.15, -0.1) is 0 Å². The van der Waals surface area contributed by atoms with Gasteiger partial charge in [-0.25, -0.2) is 4.98 Å². The molecule has 0 unspecified atom stereocenters. The number of pyridine rings is 1. The summed E-state index contributed by atoms with van der Waals surface area (Å²) in [6.45, 7) is 1.98. The highest BCUT2D eigenvalue weighted by atomic mass is 14.8. The van der Waals surface area contributed by atoms with Crippen molar-refractivity contribution in [2.24, 2.45) is 0 Å². The van der Waals surface area contributed by atoms with Gasteiger partial charge in [-0.3, -0.25) is 0 Å². The molecule has 2 N–H and O–H groups in total. The fourth-order valence-corrected chi connectivity index (χ4v) is 1.47. The summed E-state index contributed by atoms with van der Waals surface area (Å²) >= 11 is 0. The first-order valence-corrected chi connectivity index (χ1v) is 4.27. The molecule has 3 nitrogen and oxygen atoms in total. The first kappa shape index (κ1) is 8.52. The maximum absolute atomic E-state index is 8.89. The molecule has 1 heterocycles. The van der Waals surface area contributed by atoms with E-state index in [0.717, 1.165) is 16.3 Å². The van der Waals surface area contributed by atoms with Crippen molar-refractivity contribution in [1.82, 2.24) is 4.98 Å². The van der Waals surface area contributed by atoms with Crippen molar-refractivity contribution < 1.29 is 0 Å². The van der Waals surface area contributed by atoms with Crippen molar-refractivity contribution in [3.63, 3.8) is 0 Å². The third kappa shape index (κ3) is 1.17. The van der Waals surface area contributed by atoms with E-state index in [1.165, 1.54) is 6.20 Å². The molecular weight excluding hydrogens is 174 g/mol. The molecular formula is C11H9N3. The highest BCUT2D eigenvalue weighted by molar-refractivity contribution is 5.94. The minimum atomic E-state index is 0.471. The van der Waals surface area contributed by atoms with Crippen molar-refractivity contribution >= 4 is 16.6 Å². The van der Waals surface area contributed by atoms with Gasteiger partial charge in [-0.05, 0) is 13.0 Å². The monoisotopic (exact) mass is 183 g/mol. The van der Waals surface area contributed by atoms with Gasteiger partial charge in [0.15, 0.2) is 0 Å². The van der Waals surface area contributed by atoms with Gasteiger partial charge in [-0.2, -0.15) is 5.26 Å². The molecule has 0 atom stereocenters. The van der Waals surface area contributed by atoms with Gasteiger partial charge in [-0.1, -0.05) is 17.7 Å². The van der Waals surface area contributed by atoms with Crippen molar-refractivity contribution in [2.45, 2.75) is 6.92 Å². The van der Waals surface area contributed by atoms with Crippen LogP contribution in [0.2, 0.25) is 0 Å². The molecule has 0 amide bonds. The van der Waals surface area contributed by atoms with Crippen LogP contribution in [0, 0.1) is 18.3 Å². The lowest BCUT2D eigenvalue weighted by Crippen LogP contribution is -1.93. The Labute approximate surface area is 81.8 Å². The highest BCUT2D eigenvalue weighted by Crippen LogP contribution is 2.22. The third-order valence-electron chi connectivity index (χ3n) is 2.19. The van der Waals surface area contributed by atoms with Crippen LogP contribution in [0.1, 0.15) is 11.1 Å². The second-order valence-corrected chi connectivity index (χ2v) is 3.22. The van der Waals surface area contributed by atoms with Crippen LogP contribution in [0.5, 0.6) is 0 Å². The maximum Gasteiger partial charge on any atom is 0.131 e. The quantitative estimate of drug-likeness (QED) is 0.679. The average Bonchev–Trinajstić information content (AvgIpc) is 2.18. The number of nitrogen functional groups attached to an aromatic ring is 1. The summed E-state index contributed by atoms with van der Waals surface area (Å²) in [5.41, 5.74) is 7.39. The fraction of sp³-hybridized carbons (Fsp3) is 0.0909. The number of rotatable bonds is 0. The van der Waals surface area contributed by atoms with Crippen LogP contribution in [-0.2, 0) is 0 Å². The molecule has 1 aromatic carbocycles. The molecule has 0 saturated heterocycles. The molecule has 3 heteroatoms. The van der Waals surface area contributed by atoms with Gasteiger partial charge in [0.25, 0.3) is 0 Å². The van der Waals surface area contributed by atoms with Crippen molar-refractivity contribution in [1.29, 1.82) is 5.26 Å².